The molecule has 0 unspecified atom stereocenters. The minimum Gasteiger partial charge on any atom is -0.803 e. The van der Waals surface area contributed by atoms with Crippen molar-refractivity contribution in [1.29, 1.82) is 0 Å². The Morgan fingerprint density at radius 3 is 1.81 bits per heavy atom. The van der Waals surface area contributed by atoms with Gasteiger partial charge in [0.25, 0.3) is 0 Å². The number of hydrogen-bond donors (Lipinski definition) is 0. The first kappa shape index (κ1) is 15.6. The standard InChI is InChI=1S/C17H12NO2.Na/c19-17-12-15(13-7-3-1-4-8-13)11-16(18(17)20)14-9-5-2-6-10-14;/h1-12H;/q-1;+1. The van der Waals surface area contributed by atoms with Crippen molar-refractivity contribution in [2.75, 3.05) is 0 Å². The van der Waals surface area contributed by atoms with E-state index in [4.69, 9.17) is 0 Å². The van der Waals surface area contributed by atoms with E-state index in [0.717, 1.165) is 16.7 Å². The van der Waals surface area contributed by atoms with Crippen molar-refractivity contribution >= 4 is 0 Å². The van der Waals surface area contributed by atoms with Crippen molar-refractivity contribution in [2.45, 2.75) is 0 Å². The Hall–Kier alpha value is -1.81. The maximum absolute atomic E-state index is 12.0. The molecule has 0 bridgehead atoms. The minimum absolute atomic E-state index is 0. The molecule has 0 radical (unpaired) electrons. The fraction of sp³-hybridized carbons (Fsp3) is 0. The molecule has 4 heteroatoms. The van der Waals surface area contributed by atoms with E-state index < -0.39 is 5.56 Å². The summed E-state index contributed by atoms with van der Waals surface area (Å²) in [7, 11) is 0. The van der Waals surface area contributed by atoms with Crippen molar-refractivity contribution < 1.29 is 29.6 Å². The van der Waals surface area contributed by atoms with Crippen LogP contribution in [0.1, 0.15) is 0 Å². The molecule has 3 nitrogen and oxygen atoms in total. The van der Waals surface area contributed by atoms with Crippen LogP contribution in [0, 0.1) is 5.21 Å². The molecule has 1 heterocycles. The maximum Gasteiger partial charge on any atom is 1.00 e. The second-order valence-corrected chi connectivity index (χ2v) is 4.49. The van der Waals surface area contributed by atoms with Crippen molar-refractivity contribution in [3.63, 3.8) is 0 Å². The van der Waals surface area contributed by atoms with Gasteiger partial charge in [-0.2, -0.15) is 0 Å². The van der Waals surface area contributed by atoms with Gasteiger partial charge in [0.2, 0.25) is 5.56 Å². The zero-order chi connectivity index (χ0) is 13.9. The van der Waals surface area contributed by atoms with Gasteiger partial charge in [0.1, 0.15) is 0 Å². The van der Waals surface area contributed by atoms with Crippen LogP contribution in [-0.4, -0.2) is 4.73 Å². The monoisotopic (exact) mass is 285 g/mol. The molecular weight excluding hydrogens is 273 g/mol. The van der Waals surface area contributed by atoms with Gasteiger partial charge in [0.15, 0.2) is 0 Å². The second kappa shape index (κ2) is 6.76. The number of pyridine rings is 1. The van der Waals surface area contributed by atoms with Crippen LogP contribution in [-0.2, 0) is 0 Å². The van der Waals surface area contributed by atoms with Crippen LogP contribution in [0.5, 0.6) is 0 Å². The molecule has 0 atom stereocenters. The van der Waals surface area contributed by atoms with Gasteiger partial charge in [-0.1, -0.05) is 60.7 Å². The Balaban J connectivity index is 0.00000161. The third-order valence-electron chi connectivity index (χ3n) is 3.17. The molecule has 1 aromatic heterocycles. The summed E-state index contributed by atoms with van der Waals surface area (Å²) >= 11 is 0. The first-order chi connectivity index (χ1) is 9.75. The zero-order valence-electron chi connectivity index (χ0n) is 11.7. The number of benzene rings is 2. The van der Waals surface area contributed by atoms with Crippen LogP contribution < -0.4 is 35.1 Å². The van der Waals surface area contributed by atoms with E-state index in [1.54, 1.807) is 6.07 Å². The molecule has 0 fully saturated rings. The molecule has 3 rings (SSSR count). The molecule has 0 aliphatic rings. The number of nitrogens with zero attached hydrogens (tertiary/aromatic N) is 1. The van der Waals surface area contributed by atoms with Gasteiger partial charge in [-0.25, -0.2) is 0 Å². The summed E-state index contributed by atoms with van der Waals surface area (Å²) in [5.74, 6) is 0. The van der Waals surface area contributed by atoms with E-state index in [0.29, 0.717) is 10.4 Å². The van der Waals surface area contributed by atoms with Crippen LogP contribution in [0.3, 0.4) is 0 Å². The number of rotatable bonds is 2. The summed E-state index contributed by atoms with van der Waals surface area (Å²) in [6.45, 7) is 0. The molecular formula is C17H12NNaO2. The SMILES string of the molecule is O=c1cc(-c2ccccc2)cc(-c2ccccc2)n1[O-].[Na+]. The van der Waals surface area contributed by atoms with Crippen molar-refractivity contribution in [2.24, 2.45) is 0 Å². The van der Waals surface area contributed by atoms with E-state index >= 15 is 0 Å². The second-order valence-electron chi connectivity index (χ2n) is 4.49. The summed E-state index contributed by atoms with van der Waals surface area (Å²) in [5, 5.41) is 12.0. The zero-order valence-corrected chi connectivity index (χ0v) is 13.7. The summed E-state index contributed by atoms with van der Waals surface area (Å²) in [4.78, 5) is 11.9. The van der Waals surface area contributed by atoms with Crippen LogP contribution in [0.15, 0.2) is 77.6 Å². The average molecular weight is 285 g/mol. The normalized spacial score (nSPS) is 9.90. The quantitative estimate of drug-likeness (QED) is 0.645. The predicted octanol–water partition coefficient (Wildman–Crippen LogP) is 0.532. The maximum atomic E-state index is 12.0. The Morgan fingerprint density at radius 1 is 0.714 bits per heavy atom. The summed E-state index contributed by atoms with van der Waals surface area (Å²) < 4.78 is 0.432. The van der Waals surface area contributed by atoms with E-state index in [1.165, 1.54) is 6.07 Å². The molecule has 0 amide bonds. The Kier molecular flexibility index (Phi) is 5.02. The minimum atomic E-state index is -0.551. The molecule has 0 saturated heterocycles. The van der Waals surface area contributed by atoms with Gasteiger partial charge in [-0.3, -0.25) is 4.79 Å². The van der Waals surface area contributed by atoms with Crippen LogP contribution in [0.4, 0.5) is 0 Å². The molecule has 0 aliphatic heterocycles. The molecule has 98 valence electrons. The van der Waals surface area contributed by atoms with Gasteiger partial charge in [0, 0.05) is 11.8 Å². The van der Waals surface area contributed by atoms with E-state index in [9.17, 15) is 10.0 Å². The van der Waals surface area contributed by atoms with E-state index in [2.05, 4.69) is 0 Å². The molecule has 0 aliphatic carbocycles. The largest absolute Gasteiger partial charge is 1.00 e. The van der Waals surface area contributed by atoms with Crippen molar-refractivity contribution in [1.82, 2.24) is 4.73 Å². The van der Waals surface area contributed by atoms with Crippen molar-refractivity contribution in [3.05, 3.63) is 88.4 Å². The van der Waals surface area contributed by atoms with Gasteiger partial charge in [-0.15, -0.1) is 0 Å². The van der Waals surface area contributed by atoms with Crippen molar-refractivity contribution in [3.8, 4) is 22.4 Å². The van der Waals surface area contributed by atoms with Gasteiger partial charge in [0.05, 0.1) is 0 Å². The Bertz CT molecular complexity index is 783. The predicted molar refractivity (Wildman–Crippen MR) is 80.3 cm³/mol. The van der Waals surface area contributed by atoms with Gasteiger partial charge in [-0.05, 0) is 22.8 Å². The molecule has 21 heavy (non-hydrogen) atoms. The smallest absolute Gasteiger partial charge is 0.803 e. The molecule has 2 aromatic carbocycles. The first-order valence-corrected chi connectivity index (χ1v) is 6.31. The molecule has 0 spiro atoms. The summed E-state index contributed by atoms with van der Waals surface area (Å²) in [6, 6.07) is 21.9. The number of aromatic nitrogens is 1. The Morgan fingerprint density at radius 2 is 1.24 bits per heavy atom. The summed E-state index contributed by atoms with van der Waals surface area (Å²) in [6.07, 6.45) is 0. The first-order valence-electron chi connectivity index (χ1n) is 6.31. The topological polar surface area (TPSA) is 45.1 Å². The average Bonchev–Trinajstić information content (AvgIpc) is 2.51. The van der Waals surface area contributed by atoms with E-state index in [1.807, 2.05) is 60.7 Å². The van der Waals surface area contributed by atoms with Gasteiger partial charge >= 0.3 is 29.6 Å². The molecule has 0 N–H and O–H groups in total. The number of hydrogen-bond acceptors (Lipinski definition) is 2. The molecule has 3 aromatic rings. The fourth-order valence-corrected chi connectivity index (χ4v) is 2.16. The third-order valence-corrected chi connectivity index (χ3v) is 3.17. The third kappa shape index (κ3) is 3.27. The summed E-state index contributed by atoms with van der Waals surface area (Å²) in [5.41, 5.74) is 2.23. The van der Waals surface area contributed by atoms with Crippen LogP contribution in [0.2, 0.25) is 0 Å². The van der Waals surface area contributed by atoms with Gasteiger partial charge < -0.3 is 9.94 Å². The molecule has 0 saturated carbocycles. The van der Waals surface area contributed by atoms with E-state index in [-0.39, 0.29) is 29.6 Å². The fourth-order valence-electron chi connectivity index (χ4n) is 2.16. The van der Waals surface area contributed by atoms with Crippen LogP contribution in [0.25, 0.3) is 22.4 Å². The Labute approximate surface area is 144 Å². The van der Waals surface area contributed by atoms with Crippen LogP contribution >= 0.6 is 0 Å².